The highest BCUT2D eigenvalue weighted by molar-refractivity contribution is 5.72. The first-order valence-corrected chi connectivity index (χ1v) is 11.2. The second-order valence-corrected chi connectivity index (χ2v) is 8.37. The van der Waals surface area contributed by atoms with Crippen molar-refractivity contribution in [3.63, 3.8) is 0 Å². The molecule has 1 saturated heterocycles. The van der Waals surface area contributed by atoms with E-state index >= 15 is 0 Å². The van der Waals surface area contributed by atoms with Gasteiger partial charge in [0.15, 0.2) is 6.29 Å². The molecule has 1 heterocycles. The van der Waals surface area contributed by atoms with E-state index in [0.29, 0.717) is 13.2 Å². The topological polar surface area (TPSA) is 112 Å². The predicted octanol–water partition coefficient (Wildman–Crippen LogP) is 4.66. The molecule has 0 radical (unpaired) electrons. The van der Waals surface area contributed by atoms with Gasteiger partial charge in [0.2, 0.25) is 0 Å². The standard InChI is InChI=1S/C24H35N3O6/c1-7-12-31-23(28)17(4)18(5)32-24-22(26-27-25)16(3)15(2)21(33-24)14-30-13-19-8-10-20(29-6)11-9-19/h7-11,15-18,21-22,24H,1,12-14H2,2-6H3/t15-,16+,17+,18?,21?,22?,24+/m1/s1. The molecule has 1 aromatic carbocycles. The molecule has 0 spiro atoms. The summed E-state index contributed by atoms with van der Waals surface area (Å²) < 4.78 is 28.5. The van der Waals surface area contributed by atoms with Crippen molar-refractivity contribution < 1.29 is 28.5 Å². The highest BCUT2D eigenvalue weighted by Gasteiger charge is 2.43. The summed E-state index contributed by atoms with van der Waals surface area (Å²) in [6.45, 7) is 12.0. The minimum absolute atomic E-state index is 0.00976. The summed E-state index contributed by atoms with van der Waals surface area (Å²) in [7, 11) is 1.63. The van der Waals surface area contributed by atoms with Gasteiger partial charge in [-0.2, -0.15) is 0 Å². The monoisotopic (exact) mass is 461 g/mol. The first kappa shape index (κ1) is 26.7. The van der Waals surface area contributed by atoms with Gasteiger partial charge in [-0.05, 0) is 48.9 Å². The van der Waals surface area contributed by atoms with E-state index in [0.717, 1.165) is 11.3 Å². The van der Waals surface area contributed by atoms with Crippen molar-refractivity contribution in [3.8, 4) is 5.75 Å². The third-order valence-electron chi connectivity index (χ3n) is 6.21. The van der Waals surface area contributed by atoms with E-state index in [1.54, 1.807) is 21.0 Å². The Morgan fingerprint density at radius 2 is 1.97 bits per heavy atom. The van der Waals surface area contributed by atoms with Crippen molar-refractivity contribution >= 4 is 5.97 Å². The summed E-state index contributed by atoms with van der Waals surface area (Å²) in [6.07, 6.45) is -0.0577. The first-order chi connectivity index (χ1) is 15.8. The van der Waals surface area contributed by atoms with E-state index in [-0.39, 0.29) is 30.5 Å². The molecule has 0 amide bonds. The Kier molecular flexibility index (Phi) is 10.7. The van der Waals surface area contributed by atoms with Gasteiger partial charge < -0.3 is 23.7 Å². The van der Waals surface area contributed by atoms with Crippen LogP contribution in [0.3, 0.4) is 0 Å². The van der Waals surface area contributed by atoms with Crippen LogP contribution in [-0.4, -0.2) is 50.8 Å². The van der Waals surface area contributed by atoms with Crippen molar-refractivity contribution in [1.29, 1.82) is 0 Å². The molecule has 0 saturated carbocycles. The molecular formula is C24H35N3O6. The summed E-state index contributed by atoms with van der Waals surface area (Å²) >= 11 is 0. The maximum atomic E-state index is 12.2. The van der Waals surface area contributed by atoms with Gasteiger partial charge in [-0.15, -0.1) is 0 Å². The Balaban J connectivity index is 2.02. The molecule has 0 bridgehead atoms. The van der Waals surface area contributed by atoms with Crippen molar-refractivity contribution in [2.75, 3.05) is 20.3 Å². The molecule has 2 rings (SSSR count). The van der Waals surface area contributed by atoms with Gasteiger partial charge in [-0.25, -0.2) is 0 Å². The van der Waals surface area contributed by atoms with E-state index in [1.165, 1.54) is 6.08 Å². The minimum Gasteiger partial charge on any atom is -0.497 e. The third-order valence-corrected chi connectivity index (χ3v) is 6.21. The molecule has 7 atom stereocenters. The van der Waals surface area contributed by atoms with Crippen molar-refractivity contribution in [1.82, 2.24) is 0 Å². The number of hydrogen-bond donors (Lipinski definition) is 0. The van der Waals surface area contributed by atoms with Crippen LogP contribution < -0.4 is 4.74 Å². The molecule has 33 heavy (non-hydrogen) atoms. The van der Waals surface area contributed by atoms with Crippen molar-refractivity contribution in [3.05, 3.63) is 52.9 Å². The highest BCUT2D eigenvalue weighted by Crippen LogP contribution is 2.35. The molecule has 9 heteroatoms. The van der Waals surface area contributed by atoms with Crippen LogP contribution in [0.4, 0.5) is 0 Å². The maximum Gasteiger partial charge on any atom is 0.311 e. The first-order valence-electron chi connectivity index (χ1n) is 11.2. The molecule has 1 aromatic rings. The van der Waals surface area contributed by atoms with Gasteiger partial charge >= 0.3 is 5.97 Å². The molecule has 3 unspecified atom stereocenters. The lowest BCUT2D eigenvalue weighted by Gasteiger charge is -2.43. The molecule has 1 fully saturated rings. The van der Waals surface area contributed by atoms with Crippen LogP contribution >= 0.6 is 0 Å². The van der Waals surface area contributed by atoms with Gasteiger partial charge in [-0.3, -0.25) is 4.79 Å². The number of hydrogen-bond acceptors (Lipinski definition) is 7. The highest BCUT2D eigenvalue weighted by atomic mass is 16.7. The molecule has 1 aliphatic heterocycles. The average molecular weight is 462 g/mol. The fourth-order valence-electron chi connectivity index (χ4n) is 3.61. The predicted molar refractivity (Wildman–Crippen MR) is 123 cm³/mol. The fourth-order valence-corrected chi connectivity index (χ4v) is 3.61. The normalized spacial score (nSPS) is 26.5. The largest absolute Gasteiger partial charge is 0.497 e. The fraction of sp³-hybridized carbons (Fsp3) is 0.625. The van der Waals surface area contributed by atoms with Crippen LogP contribution in [0, 0.1) is 17.8 Å². The van der Waals surface area contributed by atoms with Gasteiger partial charge in [0.05, 0.1) is 44.5 Å². The number of carbonyl (C=O) groups is 1. The second-order valence-electron chi connectivity index (χ2n) is 8.37. The van der Waals surface area contributed by atoms with E-state index in [2.05, 4.69) is 16.6 Å². The zero-order chi connectivity index (χ0) is 24.4. The van der Waals surface area contributed by atoms with Crippen LogP contribution in [0.2, 0.25) is 0 Å². The van der Waals surface area contributed by atoms with E-state index in [1.807, 2.05) is 38.1 Å². The Labute approximate surface area is 195 Å². The van der Waals surface area contributed by atoms with E-state index < -0.39 is 24.4 Å². The van der Waals surface area contributed by atoms with Crippen LogP contribution in [-0.2, 0) is 30.3 Å². The SMILES string of the molecule is C=CCOC(=O)[C@@H](C)C(C)O[C@H]1OC(COCc2ccc(OC)cc2)[C@H](C)[C@H](C)C1N=[N+]=[N-]. The molecular weight excluding hydrogens is 426 g/mol. The lowest BCUT2D eigenvalue weighted by molar-refractivity contribution is -0.258. The van der Waals surface area contributed by atoms with E-state index in [4.69, 9.17) is 29.2 Å². The number of azide groups is 1. The number of methoxy groups -OCH3 is 1. The Hall–Kier alpha value is -2.58. The maximum absolute atomic E-state index is 12.2. The third kappa shape index (κ3) is 7.47. The lowest BCUT2D eigenvalue weighted by atomic mass is 9.82. The van der Waals surface area contributed by atoms with Crippen LogP contribution in [0.5, 0.6) is 5.75 Å². The minimum atomic E-state index is -0.800. The van der Waals surface area contributed by atoms with Crippen molar-refractivity contribution in [2.45, 2.75) is 58.8 Å². The number of carbonyl (C=O) groups excluding carboxylic acids is 1. The smallest absolute Gasteiger partial charge is 0.311 e. The summed E-state index contributed by atoms with van der Waals surface area (Å²) in [6, 6.07) is 7.14. The van der Waals surface area contributed by atoms with Crippen LogP contribution in [0.1, 0.15) is 33.3 Å². The van der Waals surface area contributed by atoms with Gasteiger partial charge in [-0.1, -0.05) is 43.7 Å². The Morgan fingerprint density at radius 3 is 2.58 bits per heavy atom. The molecule has 1 aliphatic rings. The molecule has 9 nitrogen and oxygen atoms in total. The average Bonchev–Trinajstić information content (AvgIpc) is 2.82. The summed E-state index contributed by atoms with van der Waals surface area (Å²) in [5.74, 6) is -0.0670. The van der Waals surface area contributed by atoms with Crippen molar-refractivity contribution in [2.24, 2.45) is 22.9 Å². The Bertz CT molecular complexity index is 811. The zero-order valence-electron chi connectivity index (χ0n) is 20.0. The molecule has 0 aliphatic carbocycles. The number of nitrogens with zero attached hydrogens (tertiary/aromatic N) is 3. The van der Waals surface area contributed by atoms with Gasteiger partial charge in [0, 0.05) is 4.91 Å². The summed E-state index contributed by atoms with van der Waals surface area (Å²) in [5.41, 5.74) is 10.1. The van der Waals surface area contributed by atoms with Crippen LogP contribution in [0.25, 0.3) is 10.4 Å². The zero-order valence-corrected chi connectivity index (χ0v) is 20.0. The number of esters is 1. The molecule has 182 valence electrons. The summed E-state index contributed by atoms with van der Waals surface area (Å²) in [4.78, 5) is 15.2. The number of ether oxygens (including phenoxy) is 5. The molecule has 0 N–H and O–H groups in total. The number of rotatable bonds is 12. The Morgan fingerprint density at radius 1 is 1.27 bits per heavy atom. The van der Waals surface area contributed by atoms with E-state index in [9.17, 15) is 4.79 Å². The van der Waals surface area contributed by atoms with Gasteiger partial charge in [0.25, 0.3) is 0 Å². The number of benzene rings is 1. The lowest BCUT2D eigenvalue weighted by Crippen LogP contribution is -2.52. The summed E-state index contributed by atoms with van der Waals surface area (Å²) in [5, 5.41) is 3.93. The van der Waals surface area contributed by atoms with Crippen LogP contribution in [0.15, 0.2) is 42.0 Å². The second kappa shape index (κ2) is 13.2. The van der Waals surface area contributed by atoms with Gasteiger partial charge in [0.1, 0.15) is 12.4 Å². The molecule has 0 aromatic heterocycles. The quantitative estimate of drug-likeness (QED) is 0.147.